The molecule has 6 heteroatoms. The molecule has 6 nitrogen and oxygen atoms in total. The lowest BCUT2D eigenvalue weighted by Crippen LogP contribution is -2.24. The average molecular weight is 292 g/mol. The second-order valence-electron chi connectivity index (χ2n) is 5.70. The van der Waals surface area contributed by atoms with Crippen LogP contribution in [0.2, 0.25) is 0 Å². The van der Waals surface area contributed by atoms with E-state index in [0.717, 1.165) is 10.6 Å². The van der Waals surface area contributed by atoms with Crippen LogP contribution in [0.5, 0.6) is 0 Å². The number of carbonyl (C=O) groups is 2. The van der Waals surface area contributed by atoms with Gasteiger partial charge in [-0.15, -0.1) is 4.91 Å². The van der Waals surface area contributed by atoms with Crippen molar-refractivity contribution in [2.75, 3.05) is 7.05 Å². The Labute approximate surface area is 124 Å². The molecular weight excluding hydrogens is 272 g/mol. The van der Waals surface area contributed by atoms with Crippen LogP contribution in [0.4, 0.5) is 0 Å². The number of benzene rings is 1. The molecule has 0 heterocycles. The van der Waals surface area contributed by atoms with Gasteiger partial charge >= 0.3 is 5.97 Å². The van der Waals surface area contributed by atoms with Crippen LogP contribution in [0.1, 0.15) is 43.1 Å². The lowest BCUT2D eigenvalue weighted by atomic mass is 10.1. The van der Waals surface area contributed by atoms with Crippen molar-refractivity contribution in [3.63, 3.8) is 0 Å². The first-order valence-electron chi connectivity index (χ1n) is 6.65. The zero-order valence-electron chi connectivity index (χ0n) is 12.8. The van der Waals surface area contributed by atoms with Gasteiger partial charge in [-0.2, -0.15) is 5.01 Å². The predicted molar refractivity (Wildman–Crippen MR) is 78.5 cm³/mol. The molecule has 0 bridgehead atoms. The smallest absolute Gasteiger partial charge is 0.338 e. The number of aryl methyl sites for hydroxylation is 1. The molecule has 0 radical (unpaired) electrons. The van der Waals surface area contributed by atoms with Crippen molar-refractivity contribution in [1.82, 2.24) is 5.01 Å². The van der Waals surface area contributed by atoms with Crippen molar-refractivity contribution >= 4 is 11.9 Å². The van der Waals surface area contributed by atoms with E-state index in [1.165, 1.54) is 7.05 Å². The molecule has 1 rings (SSSR count). The van der Waals surface area contributed by atoms with Crippen LogP contribution in [0.25, 0.3) is 0 Å². The molecule has 1 aromatic rings. The summed E-state index contributed by atoms with van der Waals surface area (Å²) in [6, 6.07) is 6.91. The minimum Gasteiger partial charge on any atom is -0.456 e. The van der Waals surface area contributed by atoms with Crippen molar-refractivity contribution in [3.05, 3.63) is 40.3 Å². The van der Waals surface area contributed by atoms with E-state index in [0.29, 0.717) is 12.0 Å². The summed E-state index contributed by atoms with van der Waals surface area (Å²) in [5.41, 5.74) is 0.712. The fraction of sp³-hybridized carbons (Fsp3) is 0.467. The standard InChI is InChI=1S/C15H20N2O4/c1-15(2,3)21-14(19)12-7-5-6-11(10-12)8-9-13(18)17(4)16-20/h5-7,10H,8-9H2,1-4H3. The summed E-state index contributed by atoms with van der Waals surface area (Å²) in [5.74, 6) is -0.768. The summed E-state index contributed by atoms with van der Waals surface area (Å²) < 4.78 is 5.29. The molecule has 1 aromatic carbocycles. The van der Waals surface area contributed by atoms with Crippen LogP contribution in [-0.2, 0) is 16.0 Å². The van der Waals surface area contributed by atoms with Crippen LogP contribution in [-0.4, -0.2) is 29.5 Å². The van der Waals surface area contributed by atoms with Gasteiger partial charge < -0.3 is 4.74 Å². The summed E-state index contributed by atoms with van der Waals surface area (Å²) in [4.78, 5) is 33.7. The topological polar surface area (TPSA) is 76.0 Å². The molecule has 0 N–H and O–H groups in total. The second kappa shape index (κ2) is 6.97. The molecule has 0 atom stereocenters. The van der Waals surface area contributed by atoms with Gasteiger partial charge in [0.1, 0.15) is 5.60 Å². The highest BCUT2D eigenvalue weighted by molar-refractivity contribution is 5.89. The third-order valence-corrected chi connectivity index (χ3v) is 2.67. The molecule has 0 spiro atoms. The van der Waals surface area contributed by atoms with Crippen LogP contribution >= 0.6 is 0 Å². The van der Waals surface area contributed by atoms with Crippen molar-refractivity contribution in [1.29, 1.82) is 0 Å². The fourth-order valence-electron chi connectivity index (χ4n) is 1.65. The minimum absolute atomic E-state index is 0.153. The third-order valence-electron chi connectivity index (χ3n) is 2.67. The highest BCUT2D eigenvalue weighted by Gasteiger charge is 2.18. The first-order chi connectivity index (χ1) is 9.73. The largest absolute Gasteiger partial charge is 0.456 e. The molecule has 0 aliphatic rings. The van der Waals surface area contributed by atoms with Crippen molar-refractivity contribution in [2.24, 2.45) is 5.29 Å². The molecule has 1 amide bonds. The predicted octanol–water partition coefficient (Wildman–Crippen LogP) is 2.71. The monoisotopic (exact) mass is 292 g/mol. The van der Waals surface area contributed by atoms with Gasteiger partial charge in [0.2, 0.25) is 5.91 Å². The first kappa shape index (κ1) is 16.8. The number of rotatable bonds is 5. The molecule has 0 aliphatic carbocycles. The Kier molecular flexibility index (Phi) is 5.58. The normalized spacial score (nSPS) is 10.9. The second-order valence-corrected chi connectivity index (χ2v) is 5.70. The lowest BCUT2D eigenvalue weighted by molar-refractivity contribution is -0.129. The number of nitrogens with zero attached hydrogens (tertiary/aromatic N) is 2. The van der Waals surface area contributed by atoms with Crippen molar-refractivity contribution < 1.29 is 14.3 Å². The van der Waals surface area contributed by atoms with E-state index in [-0.39, 0.29) is 12.3 Å². The van der Waals surface area contributed by atoms with E-state index in [2.05, 4.69) is 5.29 Å². The van der Waals surface area contributed by atoms with Gasteiger partial charge in [-0.05, 0) is 44.9 Å². The van der Waals surface area contributed by atoms with Crippen LogP contribution in [0.15, 0.2) is 29.6 Å². The summed E-state index contributed by atoms with van der Waals surface area (Å²) in [6.07, 6.45) is 0.579. The number of carbonyl (C=O) groups excluding carboxylic acids is 2. The highest BCUT2D eigenvalue weighted by atomic mass is 16.6. The zero-order chi connectivity index (χ0) is 16.0. The molecular formula is C15H20N2O4. The van der Waals surface area contributed by atoms with Crippen LogP contribution < -0.4 is 0 Å². The van der Waals surface area contributed by atoms with E-state index < -0.39 is 11.6 Å². The van der Waals surface area contributed by atoms with Crippen molar-refractivity contribution in [3.8, 4) is 0 Å². The van der Waals surface area contributed by atoms with Gasteiger partial charge in [-0.25, -0.2) is 4.79 Å². The van der Waals surface area contributed by atoms with E-state index in [1.807, 2.05) is 6.07 Å². The number of esters is 1. The number of amides is 1. The molecule has 0 unspecified atom stereocenters. The molecule has 0 saturated heterocycles. The van der Waals surface area contributed by atoms with Crippen molar-refractivity contribution in [2.45, 2.75) is 39.2 Å². The fourth-order valence-corrected chi connectivity index (χ4v) is 1.65. The Morgan fingerprint density at radius 1 is 1.29 bits per heavy atom. The minimum atomic E-state index is -0.554. The summed E-state index contributed by atoms with van der Waals surface area (Å²) in [7, 11) is 1.31. The molecule has 0 aromatic heterocycles. The SMILES string of the molecule is CN(N=O)C(=O)CCc1cccc(C(=O)OC(C)(C)C)c1. The van der Waals surface area contributed by atoms with E-state index in [1.54, 1.807) is 39.0 Å². The first-order valence-corrected chi connectivity index (χ1v) is 6.65. The zero-order valence-corrected chi connectivity index (χ0v) is 12.8. The maximum absolute atomic E-state index is 12.0. The number of hydrogen-bond acceptors (Lipinski definition) is 5. The van der Waals surface area contributed by atoms with Gasteiger partial charge in [-0.1, -0.05) is 12.1 Å². The Morgan fingerprint density at radius 2 is 1.95 bits per heavy atom. The van der Waals surface area contributed by atoms with Crippen LogP contribution in [0, 0.1) is 4.91 Å². The Hall–Kier alpha value is -2.24. The number of ether oxygens (including phenoxy) is 1. The third kappa shape index (κ3) is 5.72. The molecule has 0 fully saturated rings. The van der Waals surface area contributed by atoms with Gasteiger partial charge in [-0.3, -0.25) is 4.79 Å². The number of nitroso groups, excluding NO2 is 1. The van der Waals surface area contributed by atoms with E-state index in [4.69, 9.17) is 4.74 Å². The van der Waals surface area contributed by atoms with Gasteiger partial charge in [0.05, 0.1) is 10.8 Å². The van der Waals surface area contributed by atoms with Crippen LogP contribution in [0.3, 0.4) is 0 Å². The lowest BCUT2D eigenvalue weighted by Gasteiger charge is -2.19. The van der Waals surface area contributed by atoms with Gasteiger partial charge in [0.15, 0.2) is 0 Å². The Balaban J connectivity index is 2.71. The number of hydrogen-bond donors (Lipinski definition) is 0. The summed E-state index contributed by atoms with van der Waals surface area (Å²) in [6.45, 7) is 5.40. The molecule has 114 valence electrons. The highest BCUT2D eigenvalue weighted by Crippen LogP contribution is 2.14. The maximum Gasteiger partial charge on any atom is 0.338 e. The Bertz CT molecular complexity index is 535. The maximum atomic E-state index is 12.0. The molecule has 21 heavy (non-hydrogen) atoms. The molecule has 0 aliphatic heterocycles. The summed E-state index contributed by atoms with van der Waals surface area (Å²) >= 11 is 0. The van der Waals surface area contributed by atoms with E-state index in [9.17, 15) is 14.5 Å². The van der Waals surface area contributed by atoms with Gasteiger partial charge in [0, 0.05) is 13.5 Å². The Morgan fingerprint density at radius 3 is 2.52 bits per heavy atom. The van der Waals surface area contributed by atoms with Gasteiger partial charge in [0.25, 0.3) is 0 Å². The van der Waals surface area contributed by atoms with E-state index >= 15 is 0 Å². The molecule has 0 saturated carbocycles. The quantitative estimate of drug-likeness (QED) is 0.475. The average Bonchev–Trinajstić information content (AvgIpc) is 2.42. The summed E-state index contributed by atoms with van der Waals surface area (Å²) in [5, 5.41) is 3.31.